The van der Waals surface area contributed by atoms with Crippen molar-refractivity contribution >= 4 is 40.7 Å². The topological polar surface area (TPSA) is 59.1 Å². The average Bonchev–Trinajstić information content (AvgIpc) is 2.43. The molecule has 1 aromatic carbocycles. The Hall–Kier alpha value is -1.72. The number of aromatic nitrogens is 2. The van der Waals surface area contributed by atoms with Gasteiger partial charge in [-0.1, -0.05) is 23.2 Å². The summed E-state index contributed by atoms with van der Waals surface area (Å²) < 4.78 is 5.15. The zero-order valence-corrected chi connectivity index (χ0v) is 11.9. The third kappa shape index (κ3) is 3.19. The first-order chi connectivity index (χ1) is 9.13. The predicted molar refractivity (Wildman–Crippen MR) is 77.9 cm³/mol. The Kier molecular flexibility index (Phi) is 4.29. The first-order valence-electron chi connectivity index (χ1n) is 5.45. The summed E-state index contributed by atoms with van der Waals surface area (Å²) in [6.45, 7) is 0. The van der Waals surface area contributed by atoms with Crippen LogP contribution < -0.4 is 15.4 Å². The quantitative estimate of drug-likeness (QED) is 0.903. The Morgan fingerprint density at radius 1 is 1.21 bits per heavy atom. The van der Waals surface area contributed by atoms with E-state index in [1.54, 1.807) is 26.3 Å². The van der Waals surface area contributed by atoms with Gasteiger partial charge in [0.1, 0.15) is 10.8 Å². The summed E-state index contributed by atoms with van der Waals surface area (Å²) in [6.07, 6.45) is 1.52. The summed E-state index contributed by atoms with van der Waals surface area (Å²) in [4.78, 5) is 8.23. The molecular formula is C12H12Cl2N4O. The van der Waals surface area contributed by atoms with Gasteiger partial charge < -0.3 is 15.4 Å². The van der Waals surface area contributed by atoms with Crippen LogP contribution in [0.5, 0.6) is 5.75 Å². The monoisotopic (exact) mass is 298 g/mol. The lowest BCUT2D eigenvalue weighted by Crippen LogP contribution is -2.01. The van der Waals surface area contributed by atoms with Gasteiger partial charge in [0.2, 0.25) is 5.95 Å². The lowest BCUT2D eigenvalue weighted by atomic mass is 10.3. The van der Waals surface area contributed by atoms with Crippen LogP contribution in [0.15, 0.2) is 24.4 Å². The van der Waals surface area contributed by atoms with Gasteiger partial charge in [0.15, 0.2) is 5.82 Å². The molecule has 0 amide bonds. The summed E-state index contributed by atoms with van der Waals surface area (Å²) in [7, 11) is 3.29. The molecule has 0 spiro atoms. The Labute approximate surface area is 120 Å². The van der Waals surface area contributed by atoms with Crippen molar-refractivity contribution in [3.63, 3.8) is 0 Å². The standard InChI is InChI=1S/C12H12Cl2N4O/c1-15-12-16-6-9(14)11(18-12)17-7-3-4-8(13)10(5-7)19-2/h3-6H,1-2H3,(H2,15,16,17,18). The van der Waals surface area contributed by atoms with Crippen molar-refractivity contribution in [2.45, 2.75) is 0 Å². The van der Waals surface area contributed by atoms with Crippen LogP contribution in [0.3, 0.4) is 0 Å². The summed E-state index contributed by atoms with van der Waals surface area (Å²) in [5.74, 6) is 1.56. The van der Waals surface area contributed by atoms with E-state index < -0.39 is 0 Å². The molecule has 100 valence electrons. The molecule has 0 aliphatic heterocycles. The van der Waals surface area contributed by atoms with E-state index >= 15 is 0 Å². The Bertz CT molecular complexity index is 592. The molecule has 19 heavy (non-hydrogen) atoms. The van der Waals surface area contributed by atoms with Gasteiger partial charge in [0, 0.05) is 18.8 Å². The molecule has 1 heterocycles. The van der Waals surface area contributed by atoms with Crippen molar-refractivity contribution in [3.05, 3.63) is 34.4 Å². The van der Waals surface area contributed by atoms with Gasteiger partial charge in [-0.3, -0.25) is 0 Å². The predicted octanol–water partition coefficient (Wildman–Crippen LogP) is 3.58. The molecule has 0 atom stereocenters. The minimum Gasteiger partial charge on any atom is -0.495 e. The van der Waals surface area contributed by atoms with Crippen LogP contribution in [-0.4, -0.2) is 24.1 Å². The lowest BCUT2D eigenvalue weighted by Gasteiger charge is -2.10. The van der Waals surface area contributed by atoms with Gasteiger partial charge in [-0.15, -0.1) is 0 Å². The molecule has 2 aromatic rings. The molecular weight excluding hydrogens is 287 g/mol. The van der Waals surface area contributed by atoms with Crippen LogP contribution in [0.25, 0.3) is 0 Å². The summed E-state index contributed by atoms with van der Waals surface area (Å²) >= 11 is 12.0. The van der Waals surface area contributed by atoms with Crippen LogP contribution in [0, 0.1) is 0 Å². The van der Waals surface area contributed by atoms with E-state index in [1.807, 2.05) is 6.07 Å². The average molecular weight is 299 g/mol. The molecule has 5 nitrogen and oxygen atoms in total. The number of nitrogens with zero attached hydrogens (tertiary/aromatic N) is 2. The molecule has 0 fully saturated rings. The van der Waals surface area contributed by atoms with Gasteiger partial charge in [-0.2, -0.15) is 4.98 Å². The van der Waals surface area contributed by atoms with Crippen molar-refractivity contribution < 1.29 is 4.74 Å². The molecule has 0 saturated heterocycles. The molecule has 7 heteroatoms. The lowest BCUT2D eigenvalue weighted by molar-refractivity contribution is 0.415. The van der Waals surface area contributed by atoms with E-state index in [0.29, 0.717) is 27.6 Å². The highest BCUT2D eigenvalue weighted by Gasteiger charge is 2.07. The van der Waals surface area contributed by atoms with E-state index in [1.165, 1.54) is 6.20 Å². The Balaban J connectivity index is 2.30. The normalized spacial score (nSPS) is 10.1. The third-order valence-corrected chi connectivity index (χ3v) is 2.97. The number of rotatable bonds is 4. The van der Waals surface area contributed by atoms with Crippen molar-refractivity contribution in [1.82, 2.24) is 9.97 Å². The van der Waals surface area contributed by atoms with E-state index in [9.17, 15) is 0 Å². The molecule has 2 N–H and O–H groups in total. The van der Waals surface area contributed by atoms with Gasteiger partial charge in [-0.25, -0.2) is 4.98 Å². The summed E-state index contributed by atoms with van der Waals surface area (Å²) in [5, 5.41) is 6.90. The fraction of sp³-hybridized carbons (Fsp3) is 0.167. The number of hydrogen-bond donors (Lipinski definition) is 2. The summed E-state index contributed by atoms with van der Waals surface area (Å²) in [5.41, 5.74) is 0.768. The number of halogens is 2. The van der Waals surface area contributed by atoms with E-state index in [2.05, 4.69) is 20.6 Å². The van der Waals surface area contributed by atoms with E-state index in [0.717, 1.165) is 5.69 Å². The number of methoxy groups -OCH3 is 1. The molecule has 0 saturated carbocycles. The second kappa shape index (κ2) is 5.95. The van der Waals surface area contributed by atoms with Crippen LogP contribution >= 0.6 is 23.2 Å². The molecule has 0 bridgehead atoms. The van der Waals surface area contributed by atoms with Gasteiger partial charge in [-0.05, 0) is 12.1 Å². The maximum atomic E-state index is 6.04. The minimum absolute atomic E-state index is 0.424. The minimum atomic E-state index is 0.424. The zero-order valence-electron chi connectivity index (χ0n) is 10.4. The van der Waals surface area contributed by atoms with Crippen LogP contribution in [0.2, 0.25) is 10.0 Å². The highest BCUT2D eigenvalue weighted by molar-refractivity contribution is 6.33. The zero-order chi connectivity index (χ0) is 13.8. The number of hydrogen-bond acceptors (Lipinski definition) is 5. The molecule has 0 aliphatic rings. The van der Waals surface area contributed by atoms with Crippen LogP contribution in [-0.2, 0) is 0 Å². The van der Waals surface area contributed by atoms with Gasteiger partial charge in [0.05, 0.1) is 18.3 Å². The number of benzene rings is 1. The fourth-order valence-corrected chi connectivity index (χ4v) is 1.78. The fourth-order valence-electron chi connectivity index (χ4n) is 1.45. The molecule has 2 rings (SSSR count). The molecule has 0 unspecified atom stereocenters. The number of nitrogens with one attached hydrogen (secondary N) is 2. The molecule has 0 aliphatic carbocycles. The van der Waals surface area contributed by atoms with E-state index in [-0.39, 0.29) is 0 Å². The van der Waals surface area contributed by atoms with Crippen molar-refractivity contribution in [2.75, 3.05) is 24.8 Å². The molecule has 0 radical (unpaired) electrons. The smallest absolute Gasteiger partial charge is 0.224 e. The largest absolute Gasteiger partial charge is 0.495 e. The second-order valence-corrected chi connectivity index (χ2v) is 4.43. The van der Waals surface area contributed by atoms with Crippen molar-refractivity contribution in [2.24, 2.45) is 0 Å². The number of anilines is 3. The second-order valence-electron chi connectivity index (χ2n) is 3.61. The van der Waals surface area contributed by atoms with Crippen LogP contribution in [0.1, 0.15) is 0 Å². The first-order valence-corrected chi connectivity index (χ1v) is 6.20. The highest BCUT2D eigenvalue weighted by Crippen LogP contribution is 2.30. The number of ether oxygens (including phenoxy) is 1. The Morgan fingerprint density at radius 2 is 2.00 bits per heavy atom. The maximum Gasteiger partial charge on any atom is 0.224 e. The first kappa shape index (κ1) is 13.7. The van der Waals surface area contributed by atoms with Gasteiger partial charge in [0.25, 0.3) is 0 Å². The van der Waals surface area contributed by atoms with Crippen molar-refractivity contribution in [1.29, 1.82) is 0 Å². The SMILES string of the molecule is CNc1ncc(Cl)c(Nc2ccc(Cl)c(OC)c2)n1. The van der Waals surface area contributed by atoms with E-state index in [4.69, 9.17) is 27.9 Å². The highest BCUT2D eigenvalue weighted by atomic mass is 35.5. The van der Waals surface area contributed by atoms with Gasteiger partial charge >= 0.3 is 0 Å². The molecule has 1 aromatic heterocycles. The third-order valence-electron chi connectivity index (χ3n) is 2.38. The maximum absolute atomic E-state index is 6.04. The van der Waals surface area contributed by atoms with Crippen molar-refractivity contribution in [3.8, 4) is 5.75 Å². The Morgan fingerprint density at radius 3 is 2.68 bits per heavy atom. The van der Waals surface area contributed by atoms with Crippen LogP contribution in [0.4, 0.5) is 17.5 Å². The summed E-state index contributed by atoms with van der Waals surface area (Å²) in [6, 6.07) is 5.30.